The van der Waals surface area contributed by atoms with Crippen LogP contribution in [0.5, 0.6) is 0 Å². The van der Waals surface area contributed by atoms with Crippen molar-refractivity contribution in [2.24, 2.45) is 23.5 Å². The highest BCUT2D eigenvalue weighted by atomic mass is 16.1. The largest absolute Gasteiger partial charge is 0.353 e. The van der Waals surface area contributed by atoms with Crippen molar-refractivity contribution in [1.82, 2.24) is 5.32 Å². The summed E-state index contributed by atoms with van der Waals surface area (Å²) in [6, 6.07) is 0.640. The first-order chi connectivity index (χ1) is 9.41. The van der Waals surface area contributed by atoms with E-state index in [1.54, 1.807) is 0 Å². The van der Waals surface area contributed by atoms with Crippen molar-refractivity contribution >= 4 is 5.91 Å². The molecule has 0 bridgehead atoms. The Bertz CT molecular complexity index is 289. The quantitative estimate of drug-likeness (QED) is 0.751. The third-order valence-electron chi connectivity index (χ3n) is 4.75. The van der Waals surface area contributed by atoms with Crippen LogP contribution in [-0.2, 0) is 4.79 Å². The summed E-state index contributed by atoms with van der Waals surface area (Å²) in [6.07, 6.45) is 8.00. The van der Waals surface area contributed by atoms with Crippen LogP contribution in [0.2, 0.25) is 0 Å². The van der Waals surface area contributed by atoms with E-state index < -0.39 is 0 Å². The fraction of sp³-hybridized carbons (Fsp3) is 0.941. The number of hydrogen-bond acceptors (Lipinski definition) is 2. The molecule has 0 saturated heterocycles. The lowest BCUT2D eigenvalue weighted by Gasteiger charge is -2.35. The Labute approximate surface area is 125 Å². The Kier molecular flexibility index (Phi) is 7.57. The number of hydrogen-bond donors (Lipinski definition) is 2. The maximum Gasteiger partial charge on any atom is 0.223 e. The Morgan fingerprint density at radius 1 is 1.15 bits per heavy atom. The first-order valence-corrected chi connectivity index (χ1v) is 8.47. The van der Waals surface area contributed by atoms with Gasteiger partial charge in [0.1, 0.15) is 0 Å². The molecule has 1 amide bonds. The van der Waals surface area contributed by atoms with Gasteiger partial charge < -0.3 is 11.1 Å². The van der Waals surface area contributed by atoms with Gasteiger partial charge in [-0.1, -0.05) is 40.0 Å². The molecule has 1 aliphatic carbocycles. The molecular weight excluding hydrogens is 248 g/mol. The molecule has 0 radical (unpaired) electrons. The van der Waals surface area contributed by atoms with Crippen LogP contribution < -0.4 is 11.1 Å². The van der Waals surface area contributed by atoms with E-state index in [1.807, 2.05) is 13.8 Å². The molecular formula is C17H34N2O. The van der Waals surface area contributed by atoms with E-state index in [0.29, 0.717) is 17.9 Å². The van der Waals surface area contributed by atoms with E-state index in [2.05, 4.69) is 19.2 Å². The fourth-order valence-corrected chi connectivity index (χ4v) is 3.34. The smallest absolute Gasteiger partial charge is 0.223 e. The Morgan fingerprint density at radius 2 is 1.80 bits per heavy atom. The fourth-order valence-electron chi connectivity index (χ4n) is 3.34. The molecule has 1 fully saturated rings. The molecule has 0 aromatic carbocycles. The summed E-state index contributed by atoms with van der Waals surface area (Å²) in [4.78, 5) is 12.3. The molecule has 4 unspecified atom stereocenters. The van der Waals surface area contributed by atoms with E-state index >= 15 is 0 Å². The van der Waals surface area contributed by atoms with Crippen molar-refractivity contribution in [2.75, 3.05) is 0 Å². The lowest BCUT2D eigenvalue weighted by atomic mass is 9.77. The molecule has 1 aliphatic rings. The van der Waals surface area contributed by atoms with Gasteiger partial charge in [-0.05, 0) is 44.4 Å². The predicted octanol–water partition coefficient (Wildman–Crippen LogP) is 3.47. The molecule has 1 saturated carbocycles. The van der Waals surface area contributed by atoms with Gasteiger partial charge in [0.25, 0.3) is 0 Å². The minimum absolute atomic E-state index is 0.114. The Hall–Kier alpha value is -0.570. The molecule has 4 atom stereocenters. The molecule has 3 nitrogen and oxygen atoms in total. The highest BCUT2D eigenvalue weighted by Crippen LogP contribution is 2.30. The van der Waals surface area contributed by atoms with Gasteiger partial charge in [-0.3, -0.25) is 4.79 Å². The van der Waals surface area contributed by atoms with Gasteiger partial charge in [-0.25, -0.2) is 0 Å². The van der Waals surface area contributed by atoms with Crippen LogP contribution in [0, 0.1) is 17.8 Å². The molecule has 3 heteroatoms. The summed E-state index contributed by atoms with van der Waals surface area (Å²) in [6.45, 7) is 8.63. The third-order valence-corrected chi connectivity index (χ3v) is 4.75. The van der Waals surface area contributed by atoms with E-state index in [1.165, 1.54) is 19.3 Å². The summed E-state index contributed by atoms with van der Waals surface area (Å²) in [5, 5.41) is 3.32. The maximum atomic E-state index is 12.3. The number of nitrogens with one attached hydrogen (secondary N) is 1. The summed E-state index contributed by atoms with van der Waals surface area (Å²) in [5.41, 5.74) is 5.76. The monoisotopic (exact) mass is 282 g/mol. The number of carbonyl (C=O) groups is 1. The number of nitrogens with two attached hydrogens (primary N) is 1. The zero-order valence-corrected chi connectivity index (χ0v) is 13.8. The molecule has 0 aliphatic heterocycles. The second-order valence-electron chi connectivity index (χ2n) is 7.12. The molecule has 0 aromatic heterocycles. The molecule has 0 heterocycles. The maximum absolute atomic E-state index is 12.3. The minimum Gasteiger partial charge on any atom is -0.353 e. The van der Waals surface area contributed by atoms with Crippen molar-refractivity contribution < 1.29 is 4.79 Å². The first kappa shape index (κ1) is 17.5. The van der Waals surface area contributed by atoms with E-state index in [0.717, 1.165) is 25.7 Å². The molecule has 20 heavy (non-hydrogen) atoms. The zero-order chi connectivity index (χ0) is 15.1. The van der Waals surface area contributed by atoms with Crippen molar-refractivity contribution in [3.8, 4) is 0 Å². The highest BCUT2D eigenvalue weighted by molar-refractivity contribution is 5.78. The van der Waals surface area contributed by atoms with Crippen LogP contribution in [0.4, 0.5) is 0 Å². The summed E-state index contributed by atoms with van der Waals surface area (Å²) in [5.74, 6) is 1.67. The molecule has 0 aromatic rings. The van der Waals surface area contributed by atoms with Crippen molar-refractivity contribution in [2.45, 2.75) is 84.7 Å². The topological polar surface area (TPSA) is 55.1 Å². The van der Waals surface area contributed by atoms with Gasteiger partial charge in [0.15, 0.2) is 0 Å². The van der Waals surface area contributed by atoms with Gasteiger partial charge >= 0.3 is 0 Å². The zero-order valence-electron chi connectivity index (χ0n) is 13.8. The summed E-state index contributed by atoms with van der Waals surface area (Å²) >= 11 is 0. The van der Waals surface area contributed by atoms with Crippen molar-refractivity contribution in [1.29, 1.82) is 0 Å². The highest BCUT2D eigenvalue weighted by Gasteiger charge is 2.29. The van der Waals surface area contributed by atoms with Crippen LogP contribution >= 0.6 is 0 Å². The van der Waals surface area contributed by atoms with E-state index in [9.17, 15) is 4.79 Å². The third kappa shape index (κ3) is 5.82. The van der Waals surface area contributed by atoms with Crippen LogP contribution in [0.15, 0.2) is 0 Å². The second-order valence-corrected chi connectivity index (χ2v) is 7.12. The van der Waals surface area contributed by atoms with Gasteiger partial charge in [0.05, 0.1) is 0 Å². The number of amides is 1. The van der Waals surface area contributed by atoms with Crippen LogP contribution in [0.25, 0.3) is 0 Å². The lowest BCUT2D eigenvalue weighted by molar-refractivity contribution is -0.126. The van der Waals surface area contributed by atoms with Crippen LogP contribution in [-0.4, -0.2) is 18.0 Å². The molecule has 3 N–H and O–H groups in total. The predicted molar refractivity (Wildman–Crippen MR) is 85.4 cm³/mol. The number of carbonyl (C=O) groups excluding carboxylic acids is 1. The van der Waals surface area contributed by atoms with Crippen molar-refractivity contribution in [3.63, 3.8) is 0 Å². The lowest BCUT2D eigenvalue weighted by Crippen LogP contribution is -2.45. The molecule has 118 valence electrons. The van der Waals surface area contributed by atoms with Crippen LogP contribution in [0.3, 0.4) is 0 Å². The minimum atomic E-state index is 0.114. The Morgan fingerprint density at radius 3 is 2.40 bits per heavy atom. The average molecular weight is 282 g/mol. The van der Waals surface area contributed by atoms with Crippen molar-refractivity contribution in [3.05, 3.63) is 0 Å². The van der Waals surface area contributed by atoms with E-state index in [4.69, 9.17) is 5.73 Å². The molecule has 1 rings (SSSR count). The van der Waals surface area contributed by atoms with E-state index in [-0.39, 0.29) is 17.9 Å². The van der Waals surface area contributed by atoms with Gasteiger partial charge in [0, 0.05) is 18.0 Å². The van der Waals surface area contributed by atoms with Gasteiger partial charge in [-0.15, -0.1) is 0 Å². The summed E-state index contributed by atoms with van der Waals surface area (Å²) in [7, 11) is 0. The second kappa shape index (κ2) is 8.66. The average Bonchev–Trinajstić information content (AvgIpc) is 2.38. The SMILES string of the molecule is CC(N)CCCC(C)C(=O)NC1CCCCC1C(C)C. The van der Waals surface area contributed by atoms with Gasteiger partial charge in [0.2, 0.25) is 5.91 Å². The van der Waals surface area contributed by atoms with Gasteiger partial charge in [-0.2, -0.15) is 0 Å². The normalized spacial score (nSPS) is 26.3. The molecule has 0 spiro atoms. The number of rotatable bonds is 7. The summed E-state index contributed by atoms with van der Waals surface area (Å²) < 4.78 is 0. The van der Waals surface area contributed by atoms with Crippen LogP contribution in [0.1, 0.15) is 72.6 Å². The first-order valence-electron chi connectivity index (χ1n) is 8.47. The standard InChI is InChI=1S/C17H34N2O/c1-12(2)15-10-5-6-11-16(15)19-17(20)13(3)8-7-9-14(4)18/h12-16H,5-11,18H2,1-4H3,(H,19,20). The Balaban J connectivity index is 2.39.